The van der Waals surface area contributed by atoms with Gasteiger partial charge in [0.05, 0.1) is 5.69 Å². The molecule has 2 aliphatic rings. The highest BCUT2D eigenvalue weighted by molar-refractivity contribution is 5.72. The molecule has 1 N–H and O–H groups in total. The van der Waals surface area contributed by atoms with Crippen LogP contribution in [0.1, 0.15) is 39.5 Å². The lowest BCUT2D eigenvalue weighted by Gasteiger charge is -2.42. The zero-order chi connectivity index (χ0) is 23.4. The van der Waals surface area contributed by atoms with Crippen molar-refractivity contribution in [1.82, 2.24) is 19.7 Å². The van der Waals surface area contributed by atoms with E-state index in [0.717, 1.165) is 19.3 Å². The smallest absolute Gasteiger partial charge is 0.253 e. The van der Waals surface area contributed by atoms with Crippen molar-refractivity contribution >= 4 is 0 Å². The molecule has 172 valence electrons. The number of halogens is 1. The number of ether oxygens (including phenoxy) is 1. The molecule has 0 aliphatic heterocycles. The molecule has 2 heterocycles. The number of phenolic OH excluding ortho intramolecular Hbond substituents is 1. The summed E-state index contributed by atoms with van der Waals surface area (Å²) in [4.78, 5) is 16.1. The molecular formula is C25H27FN4O3. The quantitative estimate of drug-likeness (QED) is 0.638. The molecule has 4 atom stereocenters. The topological polar surface area (TPSA) is 90.1 Å². The summed E-state index contributed by atoms with van der Waals surface area (Å²) in [5.41, 5.74) is 1.13. The molecule has 0 unspecified atom stereocenters. The number of alkyl halides is 1. The van der Waals surface area contributed by atoms with Crippen molar-refractivity contribution < 1.29 is 14.2 Å². The molecule has 2 aromatic heterocycles. The van der Waals surface area contributed by atoms with Gasteiger partial charge in [0.1, 0.15) is 23.8 Å². The molecule has 1 aromatic carbocycles. The van der Waals surface area contributed by atoms with Gasteiger partial charge in [0.15, 0.2) is 0 Å². The van der Waals surface area contributed by atoms with Crippen molar-refractivity contribution in [1.29, 1.82) is 0 Å². The van der Waals surface area contributed by atoms with Gasteiger partial charge in [-0.3, -0.25) is 9.36 Å². The minimum atomic E-state index is -1.03. The van der Waals surface area contributed by atoms with Gasteiger partial charge in [0, 0.05) is 41.9 Å². The summed E-state index contributed by atoms with van der Waals surface area (Å²) in [5.74, 6) is 0.713. The summed E-state index contributed by atoms with van der Waals surface area (Å²) < 4.78 is 22.5. The van der Waals surface area contributed by atoms with E-state index in [1.165, 1.54) is 22.9 Å². The van der Waals surface area contributed by atoms with Gasteiger partial charge in [-0.2, -0.15) is 0 Å². The number of benzene rings is 1. The summed E-state index contributed by atoms with van der Waals surface area (Å²) >= 11 is 0. The molecule has 2 saturated carbocycles. The Morgan fingerprint density at radius 1 is 1.15 bits per heavy atom. The van der Waals surface area contributed by atoms with E-state index < -0.39 is 12.3 Å². The number of phenols is 1. The van der Waals surface area contributed by atoms with Crippen molar-refractivity contribution in [3.8, 4) is 34.3 Å². The average Bonchev–Trinajstić information content (AvgIpc) is 3.06. The maximum absolute atomic E-state index is 15.2. The highest BCUT2D eigenvalue weighted by Crippen LogP contribution is 2.59. The predicted molar refractivity (Wildman–Crippen MR) is 122 cm³/mol. The number of hydrogen-bond acceptors (Lipinski definition) is 6. The highest BCUT2D eigenvalue weighted by Gasteiger charge is 2.56. The molecule has 2 bridgehead atoms. The molecule has 2 fully saturated rings. The fourth-order valence-corrected chi connectivity index (χ4v) is 5.60. The largest absolute Gasteiger partial charge is 0.507 e. The molecule has 2 aliphatic carbocycles. The molecular weight excluding hydrogens is 423 g/mol. The standard InChI is InChI=1S/C25H27FN4O3/c1-24-9-10-25(2,14-24)22(26)19(13-24)33-20-7-6-17(28-29-20)16-5-4-15(12-18(16)31)23-27-11-8-21(32)30(23)3/h4-8,11-12,19,22,31H,9-10,13-14H2,1-3H3/t19-,22+,24-,25-/m1/s1. The highest BCUT2D eigenvalue weighted by atomic mass is 19.1. The van der Waals surface area contributed by atoms with Crippen LogP contribution in [0.15, 0.2) is 47.4 Å². The first kappa shape index (κ1) is 21.6. The van der Waals surface area contributed by atoms with Crippen LogP contribution in [0.2, 0.25) is 0 Å². The third-order valence-corrected chi connectivity index (χ3v) is 7.32. The van der Waals surface area contributed by atoms with Gasteiger partial charge in [0.2, 0.25) is 5.88 Å². The number of hydrogen-bond donors (Lipinski definition) is 1. The van der Waals surface area contributed by atoms with E-state index in [2.05, 4.69) is 22.1 Å². The summed E-state index contributed by atoms with van der Waals surface area (Å²) in [7, 11) is 1.63. The Kier molecular flexibility index (Phi) is 4.99. The van der Waals surface area contributed by atoms with Gasteiger partial charge in [0.25, 0.3) is 5.56 Å². The van der Waals surface area contributed by atoms with E-state index in [0.29, 0.717) is 29.1 Å². The second-order valence-corrected chi connectivity index (χ2v) is 10.1. The molecule has 7 nitrogen and oxygen atoms in total. The van der Waals surface area contributed by atoms with E-state index in [-0.39, 0.29) is 28.0 Å². The van der Waals surface area contributed by atoms with Gasteiger partial charge < -0.3 is 9.84 Å². The normalized spacial score (nSPS) is 28.6. The van der Waals surface area contributed by atoms with Crippen LogP contribution in [0.4, 0.5) is 4.39 Å². The Morgan fingerprint density at radius 2 is 1.97 bits per heavy atom. The zero-order valence-electron chi connectivity index (χ0n) is 19.0. The first-order valence-electron chi connectivity index (χ1n) is 11.2. The van der Waals surface area contributed by atoms with E-state index >= 15 is 4.39 Å². The van der Waals surface area contributed by atoms with Crippen molar-refractivity contribution in [2.75, 3.05) is 0 Å². The van der Waals surface area contributed by atoms with E-state index in [9.17, 15) is 9.90 Å². The van der Waals surface area contributed by atoms with Crippen LogP contribution in [0.25, 0.3) is 22.6 Å². The van der Waals surface area contributed by atoms with Gasteiger partial charge >= 0.3 is 0 Å². The van der Waals surface area contributed by atoms with Crippen molar-refractivity contribution in [2.45, 2.75) is 51.8 Å². The van der Waals surface area contributed by atoms with Crippen LogP contribution >= 0.6 is 0 Å². The minimum absolute atomic E-state index is 0.0119. The monoisotopic (exact) mass is 450 g/mol. The molecule has 8 heteroatoms. The first-order valence-corrected chi connectivity index (χ1v) is 11.2. The number of aromatic hydroxyl groups is 1. The summed E-state index contributed by atoms with van der Waals surface area (Å²) in [5, 5.41) is 18.9. The third-order valence-electron chi connectivity index (χ3n) is 7.32. The molecule has 5 rings (SSSR count). The maximum atomic E-state index is 15.2. The Bertz CT molecular complexity index is 1260. The van der Waals surface area contributed by atoms with Crippen molar-refractivity contribution in [2.24, 2.45) is 17.9 Å². The Balaban J connectivity index is 1.36. The Morgan fingerprint density at radius 3 is 2.70 bits per heavy atom. The van der Waals surface area contributed by atoms with E-state index in [1.807, 2.05) is 6.92 Å². The lowest BCUT2D eigenvalue weighted by Crippen LogP contribution is -2.46. The lowest BCUT2D eigenvalue weighted by atomic mass is 9.68. The number of fused-ring (bicyclic) bond motifs is 2. The molecule has 0 amide bonds. The van der Waals surface area contributed by atoms with Gasteiger partial charge in [-0.25, -0.2) is 9.37 Å². The minimum Gasteiger partial charge on any atom is -0.507 e. The second kappa shape index (κ2) is 7.64. The molecule has 0 saturated heterocycles. The lowest BCUT2D eigenvalue weighted by molar-refractivity contribution is -0.0432. The van der Waals surface area contributed by atoms with Gasteiger partial charge in [-0.1, -0.05) is 19.9 Å². The summed E-state index contributed by atoms with van der Waals surface area (Å²) in [6, 6.07) is 9.73. The van der Waals surface area contributed by atoms with Crippen LogP contribution < -0.4 is 10.3 Å². The maximum Gasteiger partial charge on any atom is 0.253 e. The zero-order valence-corrected chi connectivity index (χ0v) is 19.0. The predicted octanol–water partition coefficient (Wildman–Crippen LogP) is 4.30. The molecule has 0 spiro atoms. The SMILES string of the molecule is Cn1c(-c2ccc(-c3ccc(O[C@@H]4C[C@@]5(C)CC[C@](C)(C5)[C@H]4F)nn3)c(O)c2)nccc1=O. The second-order valence-electron chi connectivity index (χ2n) is 10.1. The van der Waals surface area contributed by atoms with Crippen LogP contribution in [0.3, 0.4) is 0 Å². The molecule has 3 aromatic rings. The third kappa shape index (κ3) is 3.77. The van der Waals surface area contributed by atoms with Crippen LogP contribution in [0.5, 0.6) is 11.6 Å². The Hall–Kier alpha value is -3.29. The average molecular weight is 451 g/mol. The molecule has 0 radical (unpaired) electrons. The summed E-state index contributed by atoms with van der Waals surface area (Å²) in [6.45, 7) is 4.23. The first-order chi connectivity index (χ1) is 15.7. The van der Waals surface area contributed by atoms with Crippen LogP contribution in [-0.4, -0.2) is 37.1 Å². The molecule has 33 heavy (non-hydrogen) atoms. The van der Waals surface area contributed by atoms with Crippen LogP contribution in [0, 0.1) is 10.8 Å². The van der Waals surface area contributed by atoms with E-state index in [4.69, 9.17) is 4.74 Å². The van der Waals surface area contributed by atoms with E-state index in [1.54, 1.807) is 31.3 Å². The number of aromatic nitrogens is 4. The van der Waals surface area contributed by atoms with Gasteiger partial charge in [-0.15, -0.1) is 10.2 Å². The number of rotatable bonds is 4. The fraction of sp³-hybridized carbons (Fsp3) is 0.440. The fourth-order valence-electron chi connectivity index (χ4n) is 5.60. The Labute approximate surface area is 191 Å². The van der Waals surface area contributed by atoms with Crippen LogP contribution in [-0.2, 0) is 7.05 Å². The number of nitrogens with zero attached hydrogens (tertiary/aromatic N) is 4. The van der Waals surface area contributed by atoms with Crippen molar-refractivity contribution in [3.05, 3.63) is 52.9 Å². The summed E-state index contributed by atoms with van der Waals surface area (Å²) in [6.07, 6.45) is 3.35. The van der Waals surface area contributed by atoms with Crippen molar-refractivity contribution in [3.63, 3.8) is 0 Å². The van der Waals surface area contributed by atoms with Gasteiger partial charge in [-0.05, 0) is 49.3 Å².